The summed E-state index contributed by atoms with van der Waals surface area (Å²) in [5.74, 6) is 0.124. The summed E-state index contributed by atoms with van der Waals surface area (Å²) < 4.78 is 18.2. The summed E-state index contributed by atoms with van der Waals surface area (Å²) in [6, 6.07) is 3.51. The van der Waals surface area contributed by atoms with Crippen molar-refractivity contribution < 1.29 is 14.2 Å². The average Bonchev–Trinajstić information content (AvgIpc) is 2.28. The molecule has 98 valence electrons. The summed E-state index contributed by atoms with van der Waals surface area (Å²) in [7, 11) is 1.50. The first-order chi connectivity index (χ1) is 7.60. The summed E-state index contributed by atoms with van der Waals surface area (Å²) in [6.45, 7) is 1.96. The van der Waals surface area contributed by atoms with E-state index in [1.807, 2.05) is 6.92 Å². The minimum Gasteiger partial charge on any atom is -0.496 e. The van der Waals surface area contributed by atoms with Gasteiger partial charge in [0, 0.05) is 5.56 Å². The van der Waals surface area contributed by atoms with Crippen LogP contribution in [0.1, 0.15) is 31.4 Å². The van der Waals surface area contributed by atoms with Gasteiger partial charge in [-0.2, -0.15) is 0 Å². The predicted molar refractivity (Wildman–Crippen MR) is 68.0 cm³/mol. The Morgan fingerprint density at radius 1 is 1.47 bits per heavy atom. The number of hydrogen-bond acceptors (Lipinski definition) is 3. The maximum atomic E-state index is 13.1. The third-order valence-corrected chi connectivity index (χ3v) is 2.55. The van der Waals surface area contributed by atoms with Crippen LogP contribution in [-0.2, 0) is 0 Å². The fourth-order valence-electron chi connectivity index (χ4n) is 1.65. The zero-order valence-corrected chi connectivity index (χ0v) is 10.8. The molecule has 0 amide bonds. The van der Waals surface area contributed by atoms with Crippen molar-refractivity contribution in [3.8, 4) is 5.75 Å². The molecule has 0 fully saturated rings. The first-order valence-corrected chi connectivity index (χ1v) is 5.37. The fraction of sp³-hybridized carbons (Fsp3) is 0.500. The van der Waals surface area contributed by atoms with Crippen molar-refractivity contribution in [2.24, 2.45) is 5.73 Å². The highest BCUT2D eigenvalue weighted by Gasteiger charge is 2.20. The summed E-state index contributed by atoms with van der Waals surface area (Å²) in [5.41, 5.74) is 6.38. The van der Waals surface area contributed by atoms with Gasteiger partial charge in [-0.05, 0) is 24.6 Å². The number of hydrogen-bond donors (Lipinski definition) is 2. The molecule has 0 bridgehead atoms. The van der Waals surface area contributed by atoms with Crippen LogP contribution < -0.4 is 10.5 Å². The highest BCUT2D eigenvalue weighted by atomic mass is 35.5. The zero-order chi connectivity index (χ0) is 12.1. The molecule has 3 N–H and O–H groups in total. The van der Waals surface area contributed by atoms with Gasteiger partial charge in [0.25, 0.3) is 0 Å². The van der Waals surface area contributed by atoms with Crippen LogP contribution in [0.3, 0.4) is 0 Å². The van der Waals surface area contributed by atoms with E-state index < -0.39 is 12.1 Å². The van der Waals surface area contributed by atoms with Gasteiger partial charge >= 0.3 is 0 Å². The van der Waals surface area contributed by atoms with Crippen molar-refractivity contribution in [3.05, 3.63) is 29.6 Å². The molecule has 1 aromatic rings. The van der Waals surface area contributed by atoms with Gasteiger partial charge in [-0.25, -0.2) is 4.39 Å². The summed E-state index contributed by atoms with van der Waals surface area (Å²) >= 11 is 0. The number of halogens is 2. The van der Waals surface area contributed by atoms with Crippen LogP contribution in [0.4, 0.5) is 4.39 Å². The molecule has 0 unspecified atom stereocenters. The SMILES string of the molecule is CCC[C@@H](O)[C@@H](N)c1cc(F)ccc1OC.Cl. The first kappa shape index (κ1) is 16.2. The molecule has 0 aliphatic heterocycles. The predicted octanol–water partition coefficient (Wildman–Crippen LogP) is 2.42. The minimum atomic E-state index is -0.680. The third-order valence-electron chi connectivity index (χ3n) is 2.55. The second-order valence-electron chi connectivity index (χ2n) is 3.77. The second-order valence-corrected chi connectivity index (χ2v) is 3.77. The van der Waals surface area contributed by atoms with Crippen molar-refractivity contribution in [3.63, 3.8) is 0 Å². The van der Waals surface area contributed by atoms with Crippen LogP contribution in [-0.4, -0.2) is 18.3 Å². The summed E-state index contributed by atoms with van der Waals surface area (Å²) in [4.78, 5) is 0. The van der Waals surface area contributed by atoms with Crippen LogP contribution in [0, 0.1) is 5.82 Å². The van der Waals surface area contributed by atoms with Crippen LogP contribution in [0.25, 0.3) is 0 Å². The zero-order valence-electron chi connectivity index (χ0n) is 10.0. The highest BCUT2D eigenvalue weighted by Crippen LogP contribution is 2.27. The number of nitrogens with two attached hydrogens (primary N) is 1. The molecular formula is C12H19ClFNO2. The first-order valence-electron chi connectivity index (χ1n) is 5.37. The molecular weight excluding hydrogens is 245 g/mol. The van der Waals surface area contributed by atoms with E-state index in [2.05, 4.69) is 0 Å². The monoisotopic (exact) mass is 263 g/mol. The number of rotatable bonds is 5. The van der Waals surface area contributed by atoms with E-state index in [0.717, 1.165) is 6.42 Å². The standard InChI is InChI=1S/C12H18FNO2.ClH/c1-3-4-10(15)12(14)9-7-8(13)5-6-11(9)16-2;/h5-7,10,12,15H,3-4,14H2,1-2H3;1H/t10-,12+;/m1./s1. The topological polar surface area (TPSA) is 55.5 Å². The largest absolute Gasteiger partial charge is 0.496 e. The molecule has 1 aromatic carbocycles. The molecule has 0 heterocycles. The molecule has 1 rings (SSSR count). The van der Waals surface area contributed by atoms with Crippen LogP contribution in [0.15, 0.2) is 18.2 Å². The molecule has 0 aliphatic carbocycles. The van der Waals surface area contributed by atoms with Crippen LogP contribution in [0.5, 0.6) is 5.75 Å². The Morgan fingerprint density at radius 2 is 2.12 bits per heavy atom. The lowest BCUT2D eigenvalue weighted by Gasteiger charge is -2.20. The summed E-state index contributed by atoms with van der Waals surface area (Å²) in [6.07, 6.45) is 0.730. The van der Waals surface area contributed by atoms with E-state index in [0.29, 0.717) is 17.7 Å². The number of aliphatic hydroxyl groups excluding tert-OH is 1. The van der Waals surface area contributed by atoms with Crippen molar-refractivity contribution in [1.29, 1.82) is 0 Å². The lowest BCUT2D eigenvalue weighted by atomic mass is 9.98. The maximum absolute atomic E-state index is 13.1. The lowest BCUT2D eigenvalue weighted by Crippen LogP contribution is -2.26. The Kier molecular flexibility index (Phi) is 7.11. The fourth-order valence-corrected chi connectivity index (χ4v) is 1.65. The van der Waals surface area contributed by atoms with E-state index >= 15 is 0 Å². The van der Waals surface area contributed by atoms with Crippen molar-refractivity contribution in [2.45, 2.75) is 31.9 Å². The molecule has 0 aliphatic rings. The Balaban J connectivity index is 0.00000256. The molecule has 5 heteroatoms. The van der Waals surface area contributed by atoms with Gasteiger partial charge < -0.3 is 15.6 Å². The van der Waals surface area contributed by atoms with Crippen LogP contribution >= 0.6 is 12.4 Å². The van der Waals surface area contributed by atoms with E-state index in [1.165, 1.54) is 25.3 Å². The number of benzene rings is 1. The van der Waals surface area contributed by atoms with Crippen LogP contribution in [0.2, 0.25) is 0 Å². The van der Waals surface area contributed by atoms with Gasteiger partial charge in [0.2, 0.25) is 0 Å². The van der Waals surface area contributed by atoms with E-state index in [1.54, 1.807) is 0 Å². The van der Waals surface area contributed by atoms with Gasteiger partial charge in [-0.3, -0.25) is 0 Å². The van der Waals surface area contributed by atoms with Crippen molar-refractivity contribution >= 4 is 12.4 Å². The molecule has 2 atom stereocenters. The lowest BCUT2D eigenvalue weighted by molar-refractivity contribution is 0.133. The Hall–Kier alpha value is -0.840. The minimum absolute atomic E-state index is 0. The summed E-state index contributed by atoms with van der Waals surface area (Å²) in [5, 5.41) is 9.78. The number of aliphatic hydroxyl groups is 1. The second kappa shape index (κ2) is 7.48. The Morgan fingerprint density at radius 3 is 2.65 bits per heavy atom. The van der Waals surface area contributed by atoms with Gasteiger partial charge in [-0.15, -0.1) is 12.4 Å². The molecule has 17 heavy (non-hydrogen) atoms. The van der Waals surface area contributed by atoms with Gasteiger partial charge in [-0.1, -0.05) is 13.3 Å². The van der Waals surface area contributed by atoms with E-state index in [-0.39, 0.29) is 18.2 Å². The molecule has 0 radical (unpaired) electrons. The molecule has 0 spiro atoms. The Bertz CT molecular complexity index is 349. The average molecular weight is 264 g/mol. The molecule has 0 saturated heterocycles. The highest BCUT2D eigenvalue weighted by molar-refractivity contribution is 5.85. The van der Waals surface area contributed by atoms with Gasteiger partial charge in [0.05, 0.1) is 19.3 Å². The molecule has 3 nitrogen and oxygen atoms in total. The molecule has 0 saturated carbocycles. The quantitative estimate of drug-likeness (QED) is 0.858. The smallest absolute Gasteiger partial charge is 0.123 e. The normalized spacial score (nSPS) is 13.7. The number of ether oxygens (including phenoxy) is 1. The van der Waals surface area contributed by atoms with E-state index in [9.17, 15) is 9.50 Å². The third kappa shape index (κ3) is 4.15. The van der Waals surface area contributed by atoms with Gasteiger partial charge in [0.1, 0.15) is 11.6 Å². The van der Waals surface area contributed by atoms with Gasteiger partial charge in [0.15, 0.2) is 0 Å². The van der Waals surface area contributed by atoms with E-state index in [4.69, 9.17) is 10.5 Å². The number of methoxy groups -OCH3 is 1. The molecule has 0 aromatic heterocycles. The van der Waals surface area contributed by atoms with Crippen molar-refractivity contribution in [2.75, 3.05) is 7.11 Å². The Labute approximate surface area is 107 Å². The maximum Gasteiger partial charge on any atom is 0.123 e. The van der Waals surface area contributed by atoms with Crippen molar-refractivity contribution in [1.82, 2.24) is 0 Å².